The molecular weight excluding hydrogens is 328 g/mol. The van der Waals surface area contributed by atoms with E-state index in [1.165, 1.54) is 0 Å². The molecule has 0 radical (unpaired) electrons. The van der Waals surface area contributed by atoms with Crippen LogP contribution in [0.5, 0.6) is 11.6 Å². The van der Waals surface area contributed by atoms with Crippen LogP contribution in [-0.2, 0) is 0 Å². The first-order valence-corrected chi connectivity index (χ1v) is 8.15. The molecule has 0 spiro atoms. The molecule has 128 valence electrons. The molecular formula is C20H16N4O2. The normalized spacial score (nSPS) is 10.7. The van der Waals surface area contributed by atoms with Gasteiger partial charge in [0.2, 0.25) is 5.88 Å². The Bertz CT molecular complexity index is 1040. The maximum absolute atomic E-state index is 6.01. The Kier molecular flexibility index (Phi) is 4.15. The largest absolute Gasteiger partial charge is 0.438 e. The van der Waals surface area contributed by atoms with Gasteiger partial charge in [-0.15, -0.1) is 0 Å². The minimum Gasteiger partial charge on any atom is -0.438 e. The van der Waals surface area contributed by atoms with Gasteiger partial charge in [0.25, 0.3) is 5.89 Å². The molecule has 0 amide bonds. The highest BCUT2D eigenvalue weighted by atomic mass is 16.5. The Labute approximate surface area is 150 Å². The number of benzene rings is 1. The van der Waals surface area contributed by atoms with Crippen molar-refractivity contribution in [2.75, 3.05) is 0 Å². The van der Waals surface area contributed by atoms with Crippen LogP contribution >= 0.6 is 0 Å². The molecule has 6 nitrogen and oxygen atoms in total. The minimum atomic E-state index is 0.485. The number of hydrogen-bond donors (Lipinski definition) is 0. The average molecular weight is 344 g/mol. The molecule has 26 heavy (non-hydrogen) atoms. The van der Waals surface area contributed by atoms with Crippen molar-refractivity contribution in [1.29, 1.82) is 0 Å². The molecule has 3 aromatic heterocycles. The fourth-order valence-corrected chi connectivity index (χ4v) is 2.61. The second-order valence-electron chi connectivity index (χ2n) is 5.82. The van der Waals surface area contributed by atoms with Crippen LogP contribution in [0.1, 0.15) is 11.4 Å². The molecule has 0 bridgehead atoms. The van der Waals surface area contributed by atoms with Gasteiger partial charge >= 0.3 is 0 Å². The number of aryl methyl sites for hydroxylation is 2. The lowest BCUT2D eigenvalue weighted by Crippen LogP contribution is -1.93. The van der Waals surface area contributed by atoms with Gasteiger partial charge in [-0.3, -0.25) is 4.98 Å². The van der Waals surface area contributed by atoms with E-state index in [9.17, 15) is 0 Å². The Hall–Kier alpha value is -3.54. The summed E-state index contributed by atoms with van der Waals surface area (Å²) in [5.74, 6) is 2.29. The molecule has 0 unspecified atom stereocenters. The summed E-state index contributed by atoms with van der Waals surface area (Å²) in [5, 5.41) is 3.80. The molecule has 0 saturated carbocycles. The monoisotopic (exact) mass is 344 g/mol. The molecule has 6 heteroatoms. The Morgan fingerprint density at radius 1 is 0.923 bits per heavy atom. The third kappa shape index (κ3) is 3.17. The minimum absolute atomic E-state index is 0.485. The van der Waals surface area contributed by atoms with Gasteiger partial charge in [-0.25, -0.2) is 4.98 Å². The van der Waals surface area contributed by atoms with Crippen molar-refractivity contribution in [3.8, 4) is 34.2 Å². The van der Waals surface area contributed by atoms with Crippen molar-refractivity contribution >= 4 is 0 Å². The smallest absolute Gasteiger partial charge is 0.257 e. The van der Waals surface area contributed by atoms with Gasteiger partial charge < -0.3 is 9.26 Å². The fraction of sp³-hybridized carbons (Fsp3) is 0.100. The zero-order valence-corrected chi connectivity index (χ0v) is 14.4. The standard InChI is InChI=1S/C20H16N4O2/c1-13-9-11-21-12-18(13)17-4-3-10-22-20(17)25-16-7-5-15(6-8-16)19-23-14(2)24-26-19/h3-12H,1-2H3. The van der Waals surface area contributed by atoms with Crippen molar-refractivity contribution in [3.63, 3.8) is 0 Å². The highest BCUT2D eigenvalue weighted by Gasteiger charge is 2.12. The number of ether oxygens (including phenoxy) is 1. The maximum atomic E-state index is 6.01. The van der Waals surface area contributed by atoms with E-state index in [4.69, 9.17) is 9.26 Å². The van der Waals surface area contributed by atoms with E-state index in [1.54, 1.807) is 19.3 Å². The quantitative estimate of drug-likeness (QED) is 0.538. The lowest BCUT2D eigenvalue weighted by atomic mass is 10.0. The lowest BCUT2D eigenvalue weighted by Gasteiger charge is -2.11. The van der Waals surface area contributed by atoms with Gasteiger partial charge in [0, 0.05) is 35.3 Å². The molecule has 0 N–H and O–H groups in total. The molecule has 0 atom stereocenters. The van der Waals surface area contributed by atoms with Gasteiger partial charge in [0.1, 0.15) is 5.75 Å². The summed E-state index contributed by atoms with van der Waals surface area (Å²) in [4.78, 5) is 12.8. The summed E-state index contributed by atoms with van der Waals surface area (Å²) < 4.78 is 11.2. The Balaban J connectivity index is 1.63. The molecule has 0 aliphatic heterocycles. The van der Waals surface area contributed by atoms with Crippen LogP contribution in [-0.4, -0.2) is 20.1 Å². The molecule has 0 aliphatic rings. The number of aromatic nitrogens is 4. The van der Waals surface area contributed by atoms with Gasteiger partial charge in [-0.05, 0) is 61.9 Å². The SMILES string of the molecule is Cc1noc(-c2ccc(Oc3ncccc3-c3cnccc3C)cc2)n1. The molecule has 4 aromatic rings. The number of hydrogen-bond acceptors (Lipinski definition) is 6. The summed E-state index contributed by atoms with van der Waals surface area (Å²) in [6.45, 7) is 3.82. The van der Waals surface area contributed by atoms with Crippen molar-refractivity contribution in [3.05, 3.63) is 72.4 Å². The average Bonchev–Trinajstić information content (AvgIpc) is 3.10. The zero-order chi connectivity index (χ0) is 17.9. The Morgan fingerprint density at radius 2 is 1.77 bits per heavy atom. The first-order valence-electron chi connectivity index (χ1n) is 8.15. The van der Waals surface area contributed by atoms with E-state index in [2.05, 4.69) is 20.1 Å². The van der Waals surface area contributed by atoms with Crippen LogP contribution in [0.2, 0.25) is 0 Å². The van der Waals surface area contributed by atoms with Crippen LogP contribution < -0.4 is 4.74 Å². The summed E-state index contributed by atoms with van der Waals surface area (Å²) in [7, 11) is 0. The van der Waals surface area contributed by atoms with Crippen LogP contribution in [0.4, 0.5) is 0 Å². The summed E-state index contributed by atoms with van der Waals surface area (Å²) >= 11 is 0. The third-order valence-electron chi connectivity index (χ3n) is 3.94. The van der Waals surface area contributed by atoms with Crippen LogP contribution in [0.25, 0.3) is 22.6 Å². The molecule has 0 saturated heterocycles. The first-order chi connectivity index (χ1) is 12.7. The van der Waals surface area contributed by atoms with Gasteiger partial charge in [0.05, 0.1) is 0 Å². The van der Waals surface area contributed by atoms with Gasteiger partial charge in [0.15, 0.2) is 5.82 Å². The second-order valence-corrected chi connectivity index (χ2v) is 5.82. The molecule has 1 aromatic carbocycles. The van der Waals surface area contributed by atoms with E-state index in [1.807, 2.05) is 55.6 Å². The van der Waals surface area contributed by atoms with Crippen LogP contribution in [0, 0.1) is 13.8 Å². The second kappa shape index (κ2) is 6.76. The molecule has 0 fully saturated rings. The van der Waals surface area contributed by atoms with Crippen molar-refractivity contribution in [1.82, 2.24) is 20.1 Å². The van der Waals surface area contributed by atoms with Gasteiger partial charge in [-0.2, -0.15) is 4.98 Å². The summed E-state index contributed by atoms with van der Waals surface area (Å²) in [5.41, 5.74) is 3.84. The number of pyridine rings is 2. The highest BCUT2D eigenvalue weighted by molar-refractivity contribution is 5.71. The molecule has 4 rings (SSSR count). The van der Waals surface area contributed by atoms with E-state index >= 15 is 0 Å². The van der Waals surface area contributed by atoms with Crippen molar-refractivity contribution < 1.29 is 9.26 Å². The Morgan fingerprint density at radius 3 is 2.50 bits per heavy atom. The summed E-state index contributed by atoms with van der Waals surface area (Å²) in [6.07, 6.45) is 5.30. The van der Waals surface area contributed by atoms with E-state index < -0.39 is 0 Å². The maximum Gasteiger partial charge on any atom is 0.257 e. The molecule has 0 aliphatic carbocycles. The topological polar surface area (TPSA) is 73.9 Å². The van der Waals surface area contributed by atoms with Gasteiger partial charge in [-0.1, -0.05) is 5.16 Å². The van der Waals surface area contributed by atoms with E-state index in [0.717, 1.165) is 22.3 Å². The highest BCUT2D eigenvalue weighted by Crippen LogP contribution is 2.33. The lowest BCUT2D eigenvalue weighted by molar-refractivity contribution is 0.425. The zero-order valence-electron chi connectivity index (χ0n) is 14.4. The van der Waals surface area contributed by atoms with Crippen molar-refractivity contribution in [2.24, 2.45) is 0 Å². The first kappa shape index (κ1) is 16.0. The fourth-order valence-electron chi connectivity index (χ4n) is 2.61. The molecule has 3 heterocycles. The van der Waals surface area contributed by atoms with Crippen molar-refractivity contribution in [2.45, 2.75) is 13.8 Å². The van der Waals surface area contributed by atoms with Crippen LogP contribution in [0.15, 0.2) is 65.6 Å². The van der Waals surface area contributed by atoms with E-state index in [-0.39, 0.29) is 0 Å². The van der Waals surface area contributed by atoms with E-state index in [0.29, 0.717) is 23.3 Å². The number of nitrogens with zero attached hydrogens (tertiary/aromatic N) is 4. The third-order valence-corrected chi connectivity index (χ3v) is 3.94. The predicted molar refractivity (Wildman–Crippen MR) is 96.8 cm³/mol. The number of rotatable bonds is 4. The predicted octanol–water partition coefficient (Wildman–Crippen LogP) is 4.60. The summed E-state index contributed by atoms with van der Waals surface area (Å²) in [6, 6.07) is 13.3. The van der Waals surface area contributed by atoms with Crippen LogP contribution in [0.3, 0.4) is 0 Å².